The number of nitrogens with zero attached hydrogens (tertiary/aromatic N) is 1. The molecule has 0 aromatic heterocycles. The highest BCUT2D eigenvalue weighted by atomic mass is 32.2. The zero-order valence-corrected chi connectivity index (χ0v) is 17.6. The maximum atomic E-state index is 13.0. The lowest BCUT2D eigenvalue weighted by Gasteiger charge is -2.31. The molecule has 9 heteroatoms. The van der Waals surface area contributed by atoms with Crippen molar-refractivity contribution in [1.82, 2.24) is 4.31 Å². The van der Waals surface area contributed by atoms with Crippen LogP contribution < -0.4 is 10.1 Å². The Balaban J connectivity index is 1.70. The normalized spacial score (nSPS) is 17.2. The van der Waals surface area contributed by atoms with Crippen LogP contribution in [0.1, 0.15) is 23.2 Å². The number of sulfonamides is 1. The first-order chi connectivity index (χ1) is 14.3. The molecule has 30 heavy (non-hydrogen) atoms. The number of carbonyl (C=O) groups is 2. The summed E-state index contributed by atoms with van der Waals surface area (Å²) in [4.78, 5) is 24.6. The van der Waals surface area contributed by atoms with Crippen LogP contribution in [0.5, 0.6) is 5.75 Å². The van der Waals surface area contributed by atoms with Gasteiger partial charge in [-0.1, -0.05) is 6.07 Å². The van der Waals surface area contributed by atoms with Crippen molar-refractivity contribution in [1.29, 1.82) is 0 Å². The predicted octanol–water partition coefficient (Wildman–Crippen LogP) is 2.52. The molecule has 2 aromatic rings. The van der Waals surface area contributed by atoms with E-state index in [2.05, 4.69) is 10.1 Å². The minimum atomic E-state index is -3.71. The van der Waals surface area contributed by atoms with E-state index in [9.17, 15) is 18.0 Å². The fraction of sp³-hybridized carbons (Fsp3) is 0.333. The number of rotatable bonds is 6. The van der Waals surface area contributed by atoms with E-state index in [1.807, 2.05) is 0 Å². The minimum absolute atomic E-state index is 0.0941. The van der Waals surface area contributed by atoms with Crippen LogP contribution in [0.25, 0.3) is 0 Å². The highest BCUT2D eigenvalue weighted by Gasteiger charge is 2.33. The van der Waals surface area contributed by atoms with Gasteiger partial charge in [0.15, 0.2) is 0 Å². The SMILES string of the molecule is COC(=O)c1cccc(NC(=O)[C@@H]2CCCN(S(=O)(=O)c3ccc(OC)cc3)C2)c1. The number of carbonyl (C=O) groups excluding carboxylic acids is 2. The first-order valence-electron chi connectivity index (χ1n) is 9.48. The summed E-state index contributed by atoms with van der Waals surface area (Å²) in [6.45, 7) is 0.451. The van der Waals surface area contributed by atoms with Gasteiger partial charge in [-0.05, 0) is 55.3 Å². The van der Waals surface area contributed by atoms with E-state index in [0.717, 1.165) is 0 Å². The van der Waals surface area contributed by atoms with Crippen LogP contribution in [0, 0.1) is 5.92 Å². The molecule has 3 rings (SSSR count). The van der Waals surface area contributed by atoms with Crippen molar-refractivity contribution in [2.24, 2.45) is 5.92 Å². The van der Waals surface area contributed by atoms with E-state index < -0.39 is 21.9 Å². The van der Waals surface area contributed by atoms with Crippen LogP contribution in [0.15, 0.2) is 53.4 Å². The highest BCUT2D eigenvalue weighted by Crippen LogP contribution is 2.26. The third-order valence-corrected chi connectivity index (χ3v) is 6.88. The average molecular weight is 432 g/mol. The van der Waals surface area contributed by atoms with Gasteiger partial charge in [0.2, 0.25) is 15.9 Å². The molecule has 1 fully saturated rings. The predicted molar refractivity (Wildman–Crippen MR) is 111 cm³/mol. The van der Waals surface area contributed by atoms with Gasteiger partial charge in [0.05, 0.1) is 30.6 Å². The number of anilines is 1. The number of benzene rings is 2. The number of esters is 1. The van der Waals surface area contributed by atoms with Gasteiger partial charge in [-0.25, -0.2) is 13.2 Å². The molecular weight excluding hydrogens is 408 g/mol. The Morgan fingerprint density at radius 2 is 1.83 bits per heavy atom. The monoisotopic (exact) mass is 432 g/mol. The number of amides is 1. The third-order valence-electron chi connectivity index (χ3n) is 5.00. The highest BCUT2D eigenvalue weighted by molar-refractivity contribution is 7.89. The second-order valence-corrected chi connectivity index (χ2v) is 8.88. The van der Waals surface area contributed by atoms with Crippen LogP contribution in [0.2, 0.25) is 0 Å². The van der Waals surface area contributed by atoms with Crippen molar-refractivity contribution in [3.8, 4) is 5.75 Å². The Bertz CT molecular complexity index is 1020. The summed E-state index contributed by atoms with van der Waals surface area (Å²) in [6.07, 6.45) is 1.16. The zero-order chi connectivity index (χ0) is 21.7. The van der Waals surface area contributed by atoms with Crippen LogP contribution >= 0.6 is 0 Å². The second-order valence-electron chi connectivity index (χ2n) is 6.94. The molecule has 0 unspecified atom stereocenters. The number of nitrogens with one attached hydrogen (secondary N) is 1. The van der Waals surface area contributed by atoms with Gasteiger partial charge in [0, 0.05) is 18.8 Å². The smallest absolute Gasteiger partial charge is 0.337 e. The summed E-state index contributed by atoms with van der Waals surface area (Å²) >= 11 is 0. The molecule has 1 saturated heterocycles. The molecule has 1 N–H and O–H groups in total. The first kappa shape index (κ1) is 21.8. The summed E-state index contributed by atoms with van der Waals surface area (Å²) < 4.78 is 37.0. The lowest BCUT2D eigenvalue weighted by Crippen LogP contribution is -2.43. The summed E-state index contributed by atoms with van der Waals surface area (Å²) in [7, 11) is -0.914. The van der Waals surface area contributed by atoms with Gasteiger partial charge in [-0.2, -0.15) is 4.31 Å². The van der Waals surface area contributed by atoms with Gasteiger partial charge < -0.3 is 14.8 Å². The molecule has 0 radical (unpaired) electrons. The van der Waals surface area contributed by atoms with E-state index in [1.165, 1.54) is 36.7 Å². The molecule has 0 saturated carbocycles. The maximum Gasteiger partial charge on any atom is 0.337 e. The maximum absolute atomic E-state index is 13.0. The molecular formula is C21H24N2O6S. The van der Waals surface area contributed by atoms with E-state index >= 15 is 0 Å². The number of hydrogen-bond donors (Lipinski definition) is 1. The Hall–Kier alpha value is -2.91. The topological polar surface area (TPSA) is 102 Å². The Kier molecular flexibility index (Phi) is 6.73. The van der Waals surface area contributed by atoms with Crippen molar-refractivity contribution in [3.63, 3.8) is 0 Å². The number of ether oxygens (including phenoxy) is 2. The largest absolute Gasteiger partial charge is 0.497 e. The summed E-state index contributed by atoms with van der Waals surface area (Å²) in [5, 5.41) is 2.77. The first-order valence-corrected chi connectivity index (χ1v) is 10.9. The molecule has 0 bridgehead atoms. The molecule has 1 heterocycles. The van der Waals surface area contributed by atoms with E-state index in [1.54, 1.807) is 30.3 Å². The lowest BCUT2D eigenvalue weighted by molar-refractivity contribution is -0.120. The minimum Gasteiger partial charge on any atom is -0.497 e. The Morgan fingerprint density at radius 1 is 1.10 bits per heavy atom. The molecule has 0 spiro atoms. The molecule has 1 aliphatic rings. The van der Waals surface area contributed by atoms with E-state index in [4.69, 9.17) is 4.74 Å². The fourth-order valence-corrected chi connectivity index (χ4v) is 4.88. The quantitative estimate of drug-likeness (QED) is 0.704. The van der Waals surface area contributed by atoms with Gasteiger partial charge in [0.25, 0.3) is 0 Å². The average Bonchev–Trinajstić information content (AvgIpc) is 2.78. The van der Waals surface area contributed by atoms with Crippen LogP contribution in [-0.2, 0) is 19.6 Å². The molecule has 2 aromatic carbocycles. The summed E-state index contributed by atoms with van der Waals surface area (Å²) in [5.41, 5.74) is 0.778. The lowest BCUT2D eigenvalue weighted by atomic mass is 9.98. The number of methoxy groups -OCH3 is 2. The molecule has 1 atom stereocenters. The van der Waals surface area contributed by atoms with Gasteiger partial charge in [-0.15, -0.1) is 0 Å². The van der Waals surface area contributed by atoms with Crippen LogP contribution in [-0.4, -0.2) is 51.9 Å². The summed E-state index contributed by atoms with van der Waals surface area (Å²) in [6, 6.07) is 12.6. The van der Waals surface area contributed by atoms with Crippen molar-refractivity contribution in [2.75, 3.05) is 32.6 Å². The van der Waals surface area contributed by atoms with Gasteiger partial charge in [0.1, 0.15) is 5.75 Å². The third kappa shape index (κ3) is 4.80. The van der Waals surface area contributed by atoms with Crippen LogP contribution in [0.4, 0.5) is 5.69 Å². The summed E-state index contributed by atoms with van der Waals surface area (Å²) in [5.74, 6) is -0.709. The zero-order valence-electron chi connectivity index (χ0n) is 16.8. The second kappa shape index (κ2) is 9.27. The molecule has 160 valence electrons. The van der Waals surface area contributed by atoms with Crippen molar-refractivity contribution >= 4 is 27.6 Å². The molecule has 1 amide bonds. The fourth-order valence-electron chi connectivity index (χ4n) is 3.36. The van der Waals surface area contributed by atoms with Crippen molar-refractivity contribution < 1.29 is 27.5 Å². The molecule has 8 nitrogen and oxygen atoms in total. The van der Waals surface area contributed by atoms with E-state index in [0.29, 0.717) is 36.4 Å². The standard InChI is InChI=1S/C21H24N2O6S/c1-28-18-8-10-19(11-9-18)30(26,27)23-12-4-6-16(14-23)20(24)22-17-7-3-5-15(13-17)21(25)29-2/h3,5,7-11,13,16H,4,6,12,14H2,1-2H3,(H,22,24)/t16-/m1/s1. The van der Waals surface area contributed by atoms with Crippen molar-refractivity contribution in [3.05, 3.63) is 54.1 Å². The van der Waals surface area contributed by atoms with Gasteiger partial charge >= 0.3 is 5.97 Å². The number of piperidine rings is 1. The van der Waals surface area contributed by atoms with Gasteiger partial charge in [-0.3, -0.25) is 4.79 Å². The Morgan fingerprint density at radius 3 is 2.50 bits per heavy atom. The van der Waals surface area contributed by atoms with Crippen molar-refractivity contribution in [2.45, 2.75) is 17.7 Å². The Labute approximate surface area is 175 Å². The molecule has 1 aliphatic heterocycles. The molecule has 0 aliphatic carbocycles. The van der Waals surface area contributed by atoms with E-state index in [-0.39, 0.29) is 17.3 Å². The number of hydrogen-bond acceptors (Lipinski definition) is 6. The van der Waals surface area contributed by atoms with Crippen LogP contribution in [0.3, 0.4) is 0 Å².